The number of ether oxygens (including phenoxy) is 1. The second-order valence-electron chi connectivity index (χ2n) is 7.99. The van der Waals surface area contributed by atoms with Crippen LogP contribution in [0.4, 0.5) is 19.4 Å². The van der Waals surface area contributed by atoms with Crippen LogP contribution in [0.15, 0.2) is 42.5 Å². The van der Waals surface area contributed by atoms with E-state index in [9.17, 15) is 13.6 Å². The first-order valence-corrected chi connectivity index (χ1v) is 10.2. The van der Waals surface area contributed by atoms with E-state index in [0.29, 0.717) is 25.2 Å². The SMILES string of the molecule is N[C@@H]1CN(c2ccc3c(n2)CC[C@H](NC(=O)OCc2ccccc2)C3)C[C@H]1C(F)F. The molecule has 1 saturated heterocycles. The third-order valence-electron chi connectivity index (χ3n) is 5.84. The summed E-state index contributed by atoms with van der Waals surface area (Å²) >= 11 is 0. The fraction of sp³-hybridized carbons (Fsp3) is 0.455. The first-order valence-electron chi connectivity index (χ1n) is 10.2. The van der Waals surface area contributed by atoms with Crippen molar-refractivity contribution < 1.29 is 18.3 Å². The van der Waals surface area contributed by atoms with Crippen molar-refractivity contribution in [2.45, 2.75) is 44.4 Å². The Hall–Kier alpha value is -2.74. The van der Waals surface area contributed by atoms with Crippen LogP contribution in [-0.4, -0.2) is 42.7 Å². The summed E-state index contributed by atoms with van der Waals surface area (Å²) in [7, 11) is 0. The first-order chi connectivity index (χ1) is 14.5. The molecule has 4 rings (SSSR count). The normalized spacial score (nSPS) is 23.3. The van der Waals surface area contributed by atoms with Gasteiger partial charge in [-0.15, -0.1) is 0 Å². The predicted molar refractivity (Wildman–Crippen MR) is 109 cm³/mol. The number of pyridine rings is 1. The summed E-state index contributed by atoms with van der Waals surface area (Å²) in [5, 5.41) is 2.92. The lowest BCUT2D eigenvalue weighted by molar-refractivity contribution is 0.0804. The molecule has 30 heavy (non-hydrogen) atoms. The van der Waals surface area contributed by atoms with E-state index >= 15 is 0 Å². The Morgan fingerprint density at radius 1 is 1.23 bits per heavy atom. The van der Waals surface area contributed by atoms with Crippen molar-refractivity contribution in [3.63, 3.8) is 0 Å². The average Bonchev–Trinajstić information content (AvgIpc) is 3.14. The van der Waals surface area contributed by atoms with Crippen LogP contribution in [0, 0.1) is 5.92 Å². The number of hydrogen-bond donors (Lipinski definition) is 2. The standard InChI is InChI=1S/C22H26F2N4O2/c23-21(24)17-11-28(12-18(17)25)20-9-6-15-10-16(7-8-19(15)27-20)26-22(29)30-13-14-4-2-1-3-5-14/h1-6,9,16-18,21H,7-8,10-13,25H2,(H,26,29)/t16-,17+,18+/m0/s1. The quantitative estimate of drug-likeness (QED) is 0.784. The number of aryl methyl sites for hydroxylation is 1. The van der Waals surface area contributed by atoms with Crippen molar-refractivity contribution in [3.8, 4) is 0 Å². The average molecular weight is 416 g/mol. The van der Waals surface area contributed by atoms with Gasteiger partial charge in [0.25, 0.3) is 0 Å². The van der Waals surface area contributed by atoms with Gasteiger partial charge in [0, 0.05) is 30.9 Å². The zero-order chi connectivity index (χ0) is 21.1. The maximum atomic E-state index is 13.1. The number of nitrogens with one attached hydrogen (secondary N) is 1. The Morgan fingerprint density at radius 3 is 2.77 bits per heavy atom. The molecule has 6 nitrogen and oxygen atoms in total. The van der Waals surface area contributed by atoms with Crippen LogP contribution >= 0.6 is 0 Å². The number of halogens is 2. The maximum Gasteiger partial charge on any atom is 0.407 e. The molecule has 0 spiro atoms. The summed E-state index contributed by atoms with van der Waals surface area (Å²) in [5.74, 6) is -0.126. The van der Waals surface area contributed by atoms with Crippen molar-refractivity contribution in [2.75, 3.05) is 18.0 Å². The van der Waals surface area contributed by atoms with Gasteiger partial charge in [0.15, 0.2) is 0 Å². The van der Waals surface area contributed by atoms with Crippen LogP contribution in [0.2, 0.25) is 0 Å². The largest absolute Gasteiger partial charge is 0.445 e. The van der Waals surface area contributed by atoms with Gasteiger partial charge in [-0.1, -0.05) is 36.4 Å². The molecule has 8 heteroatoms. The number of nitrogens with two attached hydrogens (primary N) is 1. The van der Waals surface area contributed by atoms with Crippen molar-refractivity contribution in [2.24, 2.45) is 11.7 Å². The number of benzene rings is 1. The van der Waals surface area contributed by atoms with Gasteiger partial charge in [0.1, 0.15) is 12.4 Å². The van der Waals surface area contributed by atoms with Gasteiger partial charge in [-0.25, -0.2) is 18.6 Å². The highest BCUT2D eigenvalue weighted by Crippen LogP contribution is 2.28. The topological polar surface area (TPSA) is 80.5 Å². The van der Waals surface area contributed by atoms with E-state index in [1.54, 1.807) is 0 Å². The molecule has 2 heterocycles. The molecule has 160 valence electrons. The molecule has 1 aromatic heterocycles. The lowest BCUT2D eigenvalue weighted by atomic mass is 9.92. The number of nitrogens with zero attached hydrogens (tertiary/aromatic N) is 2. The molecule has 0 radical (unpaired) electrons. The Bertz CT molecular complexity index is 881. The summed E-state index contributed by atoms with van der Waals surface area (Å²) in [6, 6.07) is 12.8. The number of fused-ring (bicyclic) bond motifs is 1. The lowest BCUT2D eigenvalue weighted by Gasteiger charge is -2.26. The van der Waals surface area contributed by atoms with Crippen LogP contribution in [0.3, 0.4) is 0 Å². The van der Waals surface area contributed by atoms with Gasteiger partial charge in [0.05, 0.1) is 5.92 Å². The van der Waals surface area contributed by atoms with Crippen molar-refractivity contribution in [1.29, 1.82) is 0 Å². The number of rotatable bonds is 5. The number of carbonyl (C=O) groups excluding carboxylic acids is 1. The number of alkyl halides is 2. The number of amides is 1. The number of hydrogen-bond acceptors (Lipinski definition) is 5. The smallest absolute Gasteiger partial charge is 0.407 e. The Balaban J connectivity index is 1.32. The molecule has 2 aliphatic rings. The van der Waals surface area contributed by atoms with E-state index < -0.39 is 24.5 Å². The maximum absolute atomic E-state index is 13.1. The molecule has 3 N–H and O–H groups in total. The molecule has 3 atom stereocenters. The highest BCUT2D eigenvalue weighted by atomic mass is 19.3. The summed E-state index contributed by atoms with van der Waals surface area (Å²) in [6.07, 6.45) is -0.715. The van der Waals surface area contributed by atoms with E-state index in [0.717, 1.165) is 23.2 Å². The fourth-order valence-corrected chi connectivity index (χ4v) is 4.14. The number of alkyl carbamates (subject to hydrolysis) is 1. The highest BCUT2D eigenvalue weighted by molar-refractivity contribution is 5.67. The van der Waals surface area contributed by atoms with Gasteiger partial charge < -0.3 is 20.7 Å². The van der Waals surface area contributed by atoms with Gasteiger partial charge in [-0.05, 0) is 36.5 Å². The van der Waals surface area contributed by atoms with Gasteiger partial charge in [0.2, 0.25) is 6.43 Å². The summed E-state index contributed by atoms with van der Waals surface area (Å²) in [6.45, 7) is 0.846. The number of anilines is 1. The molecule has 0 unspecified atom stereocenters. The van der Waals surface area contributed by atoms with Crippen LogP contribution in [0.1, 0.15) is 23.2 Å². The Morgan fingerprint density at radius 2 is 2.03 bits per heavy atom. The highest BCUT2D eigenvalue weighted by Gasteiger charge is 2.37. The van der Waals surface area contributed by atoms with E-state index in [-0.39, 0.29) is 19.2 Å². The molecule has 1 aromatic carbocycles. The molecule has 1 aliphatic carbocycles. The van der Waals surface area contributed by atoms with Crippen molar-refractivity contribution in [3.05, 3.63) is 59.3 Å². The van der Waals surface area contributed by atoms with E-state index in [4.69, 9.17) is 15.5 Å². The second kappa shape index (κ2) is 8.95. The third-order valence-corrected chi connectivity index (χ3v) is 5.84. The molecule has 2 aromatic rings. The number of aromatic nitrogens is 1. The van der Waals surface area contributed by atoms with Crippen molar-refractivity contribution >= 4 is 11.9 Å². The minimum Gasteiger partial charge on any atom is -0.445 e. The first kappa shape index (κ1) is 20.5. The molecular formula is C22H26F2N4O2. The van der Waals surface area contributed by atoms with E-state index in [1.165, 1.54) is 0 Å². The second-order valence-corrected chi connectivity index (χ2v) is 7.99. The predicted octanol–water partition coefficient (Wildman–Crippen LogP) is 2.89. The van der Waals surface area contributed by atoms with Crippen LogP contribution in [0.5, 0.6) is 0 Å². The van der Waals surface area contributed by atoms with Crippen LogP contribution < -0.4 is 16.0 Å². The molecule has 0 bridgehead atoms. The van der Waals surface area contributed by atoms with E-state index in [2.05, 4.69) is 5.32 Å². The zero-order valence-electron chi connectivity index (χ0n) is 16.6. The van der Waals surface area contributed by atoms with Gasteiger partial charge >= 0.3 is 6.09 Å². The summed E-state index contributed by atoms with van der Waals surface area (Å²) < 4.78 is 31.5. The summed E-state index contributed by atoms with van der Waals surface area (Å²) in [4.78, 5) is 18.6. The van der Waals surface area contributed by atoms with Crippen LogP contribution in [-0.2, 0) is 24.2 Å². The molecule has 1 aliphatic heterocycles. The minimum absolute atomic E-state index is 0.0168. The van der Waals surface area contributed by atoms with Gasteiger partial charge in [-0.2, -0.15) is 0 Å². The molecular weight excluding hydrogens is 390 g/mol. The minimum atomic E-state index is -2.42. The number of carbonyl (C=O) groups is 1. The third kappa shape index (κ3) is 4.70. The van der Waals surface area contributed by atoms with Gasteiger partial charge in [-0.3, -0.25) is 0 Å². The molecule has 0 saturated carbocycles. The fourth-order valence-electron chi connectivity index (χ4n) is 4.14. The summed E-state index contributed by atoms with van der Waals surface area (Å²) in [5.41, 5.74) is 8.83. The monoisotopic (exact) mass is 416 g/mol. The van der Waals surface area contributed by atoms with E-state index in [1.807, 2.05) is 47.4 Å². The molecule has 1 fully saturated rings. The lowest BCUT2D eigenvalue weighted by Crippen LogP contribution is -2.39. The zero-order valence-corrected chi connectivity index (χ0v) is 16.6. The Kier molecular flexibility index (Phi) is 6.13. The van der Waals surface area contributed by atoms with Crippen LogP contribution in [0.25, 0.3) is 0 Å². The Labute approximate surface area is 174 Å². The molecule has 1 amide bonds. The van der Waals surface area contributed by atoms with Crippen molar-refractivity contribution in [1.82, 2.24) is 10.3 Å².